The highest BCUT2D eigenvalue weighted by molar-refractivity contribution is 6.06. The van der Waals surface area contributed by atoms with Crippen molar-refractivity contribution in [3.05, 3.63) is 41.6 Å². The molecule has 0 aliphatic carbocycles. The Morgan fingerprint density at radius 2 is 2.12 bits per heavy atom. The molecule has 0 spiro atoms. The molecule has 1 aromatic carbocycles. The van der Waals surface area contributed by atoms with Gasteiger partial charge in [0.1, 0.15) is 0 Å². The Kier molecular flexibility index (Phi) is 4.07. The fourth-order valence-electron chi connectivity index (χ4n) is 2.53. The van der Waals surface area contributed by atoms with Crippen LogP contribution in [-0.4, -0.2) is 35.5 Å². The molecule has 3 rings (SSSR count). The highest BCUT2D eigenvalue weighted by atomic mass is 16.3. The van der Waals surface area contributed by atoms with Gasteiger partial charge in [-0.1, -0.05) is 0 Å². The molecule has 0 unspecified atom stereocenters. The van der Waals surface area contributed by atoms with E-state index < -0.39 is 5.91 Å². The summed E-state index contributed by atoms with van der Waals surface area (Å²) in [7, 11) is 1.90. The molecule has 1 aliphatic heterocycles. The van der Waals surface area contributed by atoms with E-state index in [1.165, 1.54) is 6.07 Å². The number of benzene rings is 1. The first-order chi connectivity index (χ1) is 11.4. The van der Waals surface area contributed by atoms with Crippen LogP contribution >= 0.6 is 0 Å². The van der Waals surface area contributed by atoms with Crippen molar-refractivity contribution in [2.24, 2.45) is 0 Å². The Bertz CT molecular complexity index is 819. The molecule has 124 valence electrons. The molecule has 1 aliphatic rings. The number of fused-ring (bicyclic) bond motifs is 1. The van der Waals surface area contributed by atoms with Gasteiger partial charge in [-0.05, 0) is 37.3 Å². The van der Waals surface area contributed by atoms with Crippen molar-refractivity contribution in [2.75, 3.05) is 29.1 Å². The van der Waals surface area contributed by atoms with Crippen LogP contribution in [0.15, 0.2) is 30.3 Å². The number of hydrogen-bond acceptors (Lipinski definition) is 5. The first kappa shape index (κ1) is 15.8. The zero-order valence-electron chi connectivity index (χ0n) is 13.5. The van der Waals surface area contributed by atoms with Gasteiger partial charge in [-0.3, -0.25) is 9.59 Å². The standard InChI is InChI=1S/C17H18N4O3/c1-10-3-6-14(22)16(18-10)20-17(24)11-4-5-13-12(9-11)19-15(23)7-8-21(13)2/h3-6,9,22H,7-8H2,1-2H3,(H,19,23)(H,18,20,24). The summed E-state index contributed by atoms with van der Waals surface area (Å²) in [6, 6.07) is 8.22. The minimum absolute atomic E-state index is 0.0869. The van der Waals surface area contributed by atoms with Crippen LogP contribution < -0.4 is 15.5 Å². The average Bonchev–Trinajstić information content (AvgIpc) is 2.69. The maximum atomic E-state index is 12.4. The number of pyridine rings is 1. The fraction of sp³-hybridized carbons (Fsp3) is 0.235. The smallest absolute Gasteiger partial charge is 0.256 e. The van der Waals surface area contributed by atoms with Crippen LogP contribution in [0.3, 0.4) is 0 Å². The molecule has 24 heavy (non-hydrogen) atoms. The third-order valence-corrected chi connectivity index (χ3v) is 3.86. The lowest BCUT2D eigenvalue weighted by atomic mass is 10.1. The second-order valence-corrected chi connectivity index (χ2v) is 5.73. The van der Waals surface area contributed by atoms with Crippen LogP contribution in [0.2, 0.25) is 0 Å². The SMILES string of the molecule is Cc1ccc(O)c(NC(=O)c2ccc3c(c2)NC(=O)CCN3C)n1. The molecule has 7 heteroatoms. The molecule has 0 saturated carbocycles. The maximum absolute atomic E-state index is 12.4. The summed E-state index contributed by atoms with van der Waals surface area (Å²) in [4.78, 5) is 30.3. The van der Waals surface area contributed by atoms with E-state index in [0.29, 0.717) is 29.9 Å². The van der Waals surface area contributed by atoms with Crippen LogP contribution in [0, 0.1) is 6.92 Å². The van der Waals surface area contributed by atoms with Crippen molar-refractivity contribution < 1.29 is 14.7 Å². The van der Waals surface area contributed by atoms with Crippen LogP contribution in [-0.2, 0) is 4.79 Å². The summed E-state index contributed by atoms with van der Waals surface area (Å²) in [5, 5.41) is 15.2. The molecule has 7 nitrogen and oxygen atoms in total. The molecule has 0 saturated heterocycles. The van der Waals surface area contributed by atoms with E-state index in [4.69, 9.17) is 0 Å². The Morgan fingerprint density at radius 3 is 2.92 bits per heavy atom. The van der Waals surface area contributed by atoms with Gasteiger partial charge in [-0.25, -0.2) is 4.98 Å². The molecular formula is C17H18N4O3. The number of amides is 2. The van der Waals surface area contributed by atoms with Crippen molar-refractivity contribution in [1.82, 2.24) is 4.98 Å². The van der Waals surface area contributed by atoms with Gasteiger partial charge < -0.3 is 20.6 Å². The van der Waals surface area contributed by atoms with E-state index in [9.17, 15) is 14.7 Å². The number of carbonyl (C=O) groups excluding carboxylic acids is 2. The Morgan fingerprint density at radius 1 is 1.33 bits per heavy atom. The third kappa shape index (κ3) is 3.15. The molecule has 0 radical (unpaired) electrons. The van der Waals surface area contributed by atoms with Crippen molar-refractivity contribution in [3.8, 4) is 5.75 Å². The van der Waals surface area contributed by atoms with Gasteiger partial charge >= 0.3 is 0 Å². The molecule has 0 fully saturated rings. The normalized spacial score (nSPS) is 13.8. The van der Waals surface area contributed by atoms with Crippen molar-refractivity contribution in [3.63, 3.8) is 0 Å². The molecule has 2 amide bonds. The van der Waals surface area contributed by atoms with Crippen molar-refractivity contribution in [2.45, 2.75) is 13.3 Å². The molecule has 3 N–H and O–H groups in total. The number of rotatable bonds is 2. The lowest BCUT2D eigenvalue weighted by molar-refractivity contribution is -0.115. The van der Waals surface area contributed by atoms with Gasteiger partial charge in [0, 0.05) is 31.3 Å². The summed E-state index contributed by atoms with van der Waals surface area (Å²) in [6.07, 6.45) is 0.397. The highest BCUT2D eigenvalue weighted by Gasteiger charge is 2.19. The molecule has 0 atom stereocenters. The van der Waals surface area contributed by atoms with Crippen LogP contribution in [0.1, 0.15) is 22.5 Å². The Hall–Kier alpha value is -3.09. The number of aromatic hydroxyl groups is 1. The van der Waals surface area contributed by atoms with Gasteiger partial charge in [-0.15, -0.1) is 0 Å². The minimum atomic E-state index is -0.410. The molecule has 2 aromatic rings. The Balaban J connectivity index is 1.88. The topological polar surface area (TPSA) is 94.6 Å². The average molecular weight is 326 g/mol. The highest BCUT2D eigenvalue weighted by Crippen LogP contribution is 2.29. The van der Waals surface area contributed by atoms with E-state index in [2.05, 4.69) is 15.6 Å². The lowest BCUT2D eigenvalue weighted by Crippen LogP contribution is -2.18. The van der Waals surface area contributed by atoms with Crippen LogP contribution in [0.25, 0.3) is 0 Å². The number of nitrogens with one attached hydrogen (secondary N) is 2. The van der Waals surface area contributed by atoms with Crippen molar-refractivity contribution >= 4 is 29.0 Å². The van der Waals surface area contributed by atoms with Gasteiger partial charge in [0.15, 0.2) is 11.6 Å². The second kappa shape index (κ2) is 6.19. The summed E-state index contributed by atoms with van der Waals surface area (Å²) < 4.78 is 0. The summed E-state index contributed by atoms with van der Waals surface area (Å²) in [5.41, 5.74) is 2.49. The molecule has 0 bridgehead atoms. The minimum Gasteiger partial charge on any atom is -0.504 e. The van der Waals surface area contributed by atoms with Gasteiger partial charge in [-0.2, -0.15) is 0 Å². The van der Waals surface area contributed by atoms with Gasteiger partial charge in [0.05, 0.1) is 11.4 Å². The van der Waals surface area contributed by atoms with Crippen molar-refractivity contribution in [1.29, 1.82) is 0 Å². The second-order valence-electron chi connectivity index (χ2n) is 5.73. The number of carbonyl (C=O) groups is 2. The maximum Gasteiger partial charge on any atom is 0.256 e. The molecular weight excluding hydrogens is 308 g/mol. The zero-order chi connectivity index (χ0) is 17.3. The summed E-state index contributed by atoms with van der Waals surface area (Å²) in [5.74, 6) is -0.489. The van der Waals surface area contributed by atoms with E-state index >= 15 is 0 Å². The first-order valence-corrected chi connectivity index (χ1v) is 7.57. The van der Waals surface area contributed by atoms with Gasteiger partial charge in [0.25, 0.3) is 5.91 Å². The van der Waals surface area contributed by atoms with Crippen LogP contribution in [0.4, 0.5) is 17.2 Å². The van der Waals surface area contributed by atoms with E-state index in [1.807, 2.05) is 11.9 Å². The predicted octanol–water partition coefficient (Wildman–Crippen LogP) is 2.13. The number of aryl methyl sites for hydroxylation is 1. The molecule has 1 aromatic heterocycles. The zero-order valence-corrected chi connectivity index (χ0v) is 13.5. The molecule has 2 heterocycles. The number of nitrogens with zero attached hydrogens (tertiary/aromatic N) is 2. The predicted molar refractivity (Wildman–Crippen MR) is 91.6 cm³/mol. The number of hydrogen-bond donors (Lipinski definition) is 3. The van der Waals surface area contributed by atoms with E-state index in [0.717, 1.165) is 5.69 Å². The Labute approximate surface area is 139 Å². The van der Waals surface area contributed by atoms with Gasteiger partial charge in [0.2, 0.25) is 5.91 Å². The largest absolute Gasteiger partial charge is 0.504 e. The number of aromatic nitrogens is 1. The van der Waals surface area contributed by atoms with E-state index in [1.54, 1.807) is 31.2 Å². The monoisotopic (exact) mass is 326 g/mol. The van der Waals surface area contributed by atoms with E-state index in [-0.39, 0.29) is 17.5 Å². The quantitative estimate of drug-likeness (QED) is 0.786. The third-order valence-electron chi connectivity index (χ3n) is 3.86. The lowest BCUT2D eigenvalue weighted by Gasteiger charge is -2.18. The summed E-state index contributed by atoms with van der Waals surface area (Å²) in [6.45, 7) is 2.38. The first-order valence-electron chi connectivity index (χ1n) is 7.57. The van der Waals surface area contributed by atoms with Crippen LogP contribution in [0.5, 0.6) is 5.75 Å². The summed E-state index contributed by atoms with van der Waals surface area (Å²) >= 11 is 0. The number of anilines is 3. The fourth-order valence-corrected chi connectivity index (χ4v) is 2.53.